The van der Waals surface area contributed by atoms with Crippen LogP contribution in [0.25, 0.3) is 0 Å². The van der Waals surface area contributed by atoms with E-state index >= 15 is 0 Å². The smallest absolute Gasteiger partial charge is 0.0668 e. The van der Waals surface area contributed by atoms with E-state index in [-0.39, 0.29) is 6.04 Å². The van der Waals surface area contributed by atoms with Gasteiger partial charge < -0.3 is 0 Å². The quantitative estimate of drug-likeness (QED) is 0.644. The molecule has 0 amide bonds. The van der Waals surface area contributed by atoms with E-state index in [1.807, 2.05) is 17.3 Å². The van der Waals surface area contributed by atoms with Gasteiger partial charge in [-0.05, 0) is 43.7 Å². The molecule has 1 aliphatic rings. The third-order valence-corrected chi connectivity index (χ3v) is 3.96. The van der Waals surface area contributed by atoms with Crippen molar-refractivity contribution in [2.75, 3.05) is 0 Å². The Hall–Kier alpha value is -0.930. The van der Waals surface area contributed by atoms with Crippen molar-refractivity contribution in [1.82, 2.24) is 9.99 Å². The van der Waals surface area contributed by atoms with Crippen molar-refractivity contribution in [3.05, 3.63) is 29.6 Å². The van der Waals surface area contributed by atoms with Crippen LogP contribution in [-0.4, -0.2) is 16.0 Å². The van der Waals surface area contributed by atoms with Gasteiger partial charge in [-0.2, -0.15) is 0 Å². The van der Waals surface area contributed by atoms with Crippen LogP contribution in [0, 0.1) is 5.92 Å². The Morgan fingerprint density at radius 1 is 1.41 bits per heavy atom. The minimum atomic E-state index is 0.289. The lowest BCUT2D eigenvalue weighted by Gasteiger charge is -2.37. The average molecular weight is 233 g/mol. The van der Waals surface area contributed by atoms with E-state index < -0.39 is 0 Å². The van der Waals surface area contributed by atoms with E-state index in [0.717, 1.165) is 12.8 Å². The Morgan fingerprint density at radius 2 is 2.18 bits per heavy atom. The summed E-state index contributed by atoms with van der Waals surface area (Å²) in [5.41, 5.74) is 2.56. The van der Waals surface area contributed by atoms with Crippen LogP contribution in [0.15, 0.2) is 18.3 Å². The topological polar surface area (TPSA) is 42.1 Å². The van der Waals surface area contributed by atoms with Crippen LogP contribution in [0.5, 0.6) is 0 Å². The fraction of sp³-hybridized carbons (Fsp3) is 0.643. The number of aromatic nitrogens is 1. The second-order valence-electron chi connectivity index (χ2n) is 5.39. The molecular weight excluding hydrogens is 210 g/mol. The molecule has 0 fully saturated rings. The van der Waals surface area contributed by atoms with Crippen LogP contribution in [0.2, 0.25) is 0 Å². The molecule has 0 saturated carbocycles. The van der Waals surface area contributed by atoms with Gasteiger partial charge in [-0.1, -0.05) is 19.9 Å². The zero-order valence-electron chi connectivity index (χ0n) is 11.1. The molecule has 1 heterocycles. The van der Waals surface area contributed by atoms with Crippen molar-refractivity contribution in [1.29, 1.82) is 0 Å². The highest BCUT2D eigenvalue weighted by atomic mass is 15.4. The van der Waals surface area contributed by atoms with Crippen molar-refractivity contribution in [3.63, 3.8) is 0 Å². The van der Waals surface area contributed by atoms with Gasteiger partial charge in [0.15, 0.2) is 0 Å². The molecular formula is C14H23N3. The number of pyridine rings is 1. The van der Waals surface area contributed by atoms with Crippen molar-refractivity contribution in [2.24, 2.45) is 11.8 Å². The molecule has 0 radical (unpaired) electrons. The van der Waals surface area contributed by atoms with E-state index in [0.29, 0.717) is 12.0 Å². The SMILES string of the molecule is CC(C)C(C)N(N)C1CCCc2cccnc21. The molecule has 1 aliphatic carbocycles. The Balaban J connectivity index is 2.23. The largest absolute Gasteiger partial charge is 0.268 e. The minimum Gasteiger partial charge on any atom is -0.268 e. The molecule has 2 rings (SSSR count). The lowest BCUT2D eigenvalue weighted by atomic mass is 9.90. The summed E-state index contributed by atoms with van der Waals surface area (Å²) in [6, 6.07) is 4.88. The summed E-state index contributed by atoms with van der Waals surface area (Å²) in [7, 11) is 0. The highest BCUT2D eigenvalue weighted by molar-refractivity contribution is 5.25. The zero-order valence-corrected chi connectivity index (χ0v) is 11.1. The van der Waals surface area contributed by atoms with Gasteiger partial charge in [0.2, 0.25) is 0 Å². The third kappa shape index (κ3) is 2.50. The first-order valence-electron chi connectivity index (χ1n) is 6.58. The first-order chi connectivity index (χ1) is 8.11. The molecule has 0 bridgehead atoms. The molecule has 0 aromatic carbocycles. The molecule has 1 aromatic heterocycles. The standard InChI is InChI=1S/C14H23N3/c1-10(2)11(3)17(15)13-8-4-6-12-7-5-9-16-14(12)13/h5,7,9-11,13H,4,6,8,15H2,1-3H3. The fourth-order valence-electron chi connectivity index (χ4n) is 2.50. The van der Waals surface area contributed by atoms with Gasteiger partial charge in [0.25, 0.3) is 0 Å². The van der Waals surface area contributed by atoms with Gasteiger partial charge in [-0.3, -0.25) is 10.8 Å². The Kier molecular flexibility index (Phi) is 3.79. The van der Waals surface area contributed by atoms with Gasteiger partial charge in [0.05, 0.1) is 11.7 Å². The van der Waals surface area contributed by atoms with E-state index in [2.05, 4.69) is 31.8 Å². The van der Waals surface area contributed by atoms with Gasteiger partial charge in [-0.25, -0.2) is 5.01 Å². The van der Waals surface area contributed by atoms with Gasteiger partial charge in [-0.15, -0.1) is 0 Å². The number of hydrogen-bond acceptors (Lipinski definition) is 3. The summed E-state index contributed by atoms with van der Waals surface area (Å²) in [6.45, 7) is 6.63. The predicted molar refractivity (Wildman–Crippen MR) is 70.2 cm³/mol. The van der Waals surface area contributed by atoms with E-state index in [4.69, 9.17) is 5.84 Å². The summed E-state index contributed by atoms with van der Waals surface area (Å²) >= 11 is 0. The summed E-state index contributed by atoms with van der Waals surface area (Å²) in [6.07, 6.45) is 5.36. The summed E-state index contributed by atoms with van der Waals surface area (Å²) < 4.78 is 0. The monoisotopic (exact) mass is 233 g/mol. The van der Waals surface area contributed by atoms with Gasteiger partial charge in [0, 0.05) is 12.2 Å². The van der Waals surface area contributed by atoms with E-state index in [9.17, 15) is 0 Å². The second kappa shape index (κ2) is 5.15. The first-order valence-corrected chi connectivity index (χ1v) is 6.58. The minimum absolute atomic E-state index is 0.289. The van der Waals surface area contributed by atoms with Crippen LogP contribution in [0.1, 0.15) is 50.9 Å². The lowest BCUT2D eigenvalue weighted by molar-refractivity contribution is 0.0986. The molecule has 2 atom stereocenters. The molecule has 1 aromatic rings. The van der Waals surface area contributed by atoms with Crippen LogP contribution >= 0.6 is 0 Å². The number of aryl methyl sites for hydroxylation is 1. The molecule has 17 heavy (non-hydrogen) atoms. The molecule has 3 nitrogen and oxygen atoms in total. The summed E-state index contributed by atoms with van der Waals surface area (Å²) in [5.74, 6) is 6.87. The zero-order chi connectivity index (χ0) is 12.4. The van der Waals surface area contributed by atoms with Gasteiger partial charge >= 0.3 is 0 Å². The highest BCUT2D eigenvalue weighted by Gasteiger charge is 2.29. The van der Waals surface area contributed by atoms with Gasteiger partial charge in [0.1, 0.15) is 0 Å². The van der Waals surface area contributed by atoms with Crippen LogP contribution in [0.3, 0.4) is 0 Å². The number of nitrogens with zero attached hydrogens (tertiary/aromatic N) is 2. The number of fused-ring (bicyclic) bond motifs is 1. The molecule has 2 N–H and O–H groups in total. The molecule has 94 valence electrons. The number of nitrogens with two attached hydrogens (primary N) is 1. The van der Waals surface area contributed by atoms with Crippen LogP contribution in [0.4, 0.5) is 0 Å². The first kappa shape index (κ1) is 12.5. The Morgan fingerprint density at radius 3 is 2.88 bits per heavy atom. The molecule has 0 spiro atoms. The summed E-state index contributed by atoms with van der Waals surface area (Å²) in [5, 5.41) is 2.01. The normalized spacial score (nSPS) is 21.6. The van der Waals surface area contributed by atoms with Crippen LogP contribution in [-0.2, 0) is 6.42 Å². The Labute approximate surface area is 104 Å². The predicted octanol–water partition coefficient (Wildman–Crippen LogP) is 2.68. The third-order valence-electron chi connectivity index (χ3n) is 3.96. The average Bonchev–Trinajstić information content (AvgIpc) is 2.36. The molecule has 0 aliphatic heterocycles. The van der Waals surface area contributed by atoms with Crippen molar-refractivity contribution in [3.8, 4) is 0 Å². The lowest BCUT2D eigenvalue weighted by Crippen LogP contribution is -2.46. The number of rotatable bonds is 3. The van der Waals surface area contributed by atoms with Crippen molar-refractivity contribution in [2.45, 2.75) is 52.1 Å². The van der Waals surface area contributed by atoms with Crippen LogP contribution < -0.4 is 5.84 Å². The second-order valence-corrected chi connectivity index (χ2v) is 5.39. The van der Waals surface area contributed by atoms with Crippen molar-refractivity contribution < 1.29 is 0 Å². The van der Waals surface area contributed by atoms with Crippen molar-refractivity contribution >= 4 is 0 Å². The molecule has 2 unspecified atom stereocenters. The number of hydrazine groups is 1. The Bertz CT molecular complexity index is 375. The molecule has 3 heteroatoms. The van der Waals surface area contributed by atoms with E-state index in [1.54, 1.807) is 0 Å². The fourth-order valence-corrected chi connectivity index (χ4v) is 2.50. The summed E-state index contributed by atoms with van der Waals surface area (Å²) in [4.78, 5) is 4.54. The highest BCUT2D eigenvalue weighted by Crippen LogP contribution is 2.32. The maximum absolute atomic E-state index is 6.30. The molecule has 0 saturated heterocycles. The van der Waals surface area contributed by atoms with E-state index in [1.165, 1.54) is 17.7 Å². The number of hydrogen-bond donors (Lipinski definition) is 1. The maximum Gasteiger partial charge on any atom is 0.0668 e. The maximum atomic E-state index is 6.30.